The van der Waals surface area contributed by atoms with Crippen molar-refractivity contribution in [3.8, 4) is 0 Å². The third-order valence-corrected chi connectivity index (χ3v) is 3.77. The van der Waals surface area contributed by atoms with Gasteiger partial charge in [-0.3, -0.25) is 9.36 Å². The molecular formula is C14H15N3O2S. The van der Waals surface area contributed by atoms with Crippen molar-refractivity contribution in [3.05, 3.63) is 51.0 Å². The highest BCUT2D eigenvalue weighted by Crippen LogP contribution is 2.14. The first kappa shape index (κ1) is 12.9. The lowest BCUT2D eigenvalue weighted by Crippen LogP contribution is -2.24. The van der Waals surface area contributed by atoms with Crippen LogP contribution in [-0.4, -0.2) is 14.1 Å². The Balaban J connectivity index is 2.28. The van der Waals surface area contributed by atoms with Crippen LogP contribution in [0.4, 0.5) is 0 Å². The SMILES string of the molecule is CCn1c(C)cc2[nH]c(=S)n(Cc3ccco3)c(=O)c21. The molecule has 0 atom stereocenters. The molecule has 20 heavy (non-hydrogen) atoms. The molecule has 104 valence electrons. The Morgan fingerprint density at radius 2 is 2.20 bits per heavy atom. The van der Waals surface area contributed by atoms with Gasteiger partial charge in [0, 0.05) is 12.2 Å². The molecule has 0 bridgehead atoms. The summed E-state index contributed by atoms with van der Waals surface area (Å²) in [5.41, 5.74) is 2.40. The smallest absolute Gasteiger partial charge is 0.279 e. The predicted molar refractivity (Wildman–Crippen MR) is 79.6 cm³/mol. The quantitative estimate of drug-likeness (QED) is 0.754. The molecule has 3 aromatic heterocycles. The lowest BCUT2D eigenvalue weighted by atomic mass is 10.4. The van der Waals surface area contributed by atoms with Crippen molar-refractivity contribution in [1.29, 1.82) is 0 Å². The third kappa shape index (κ3) is 1.92. The number of fused-ring (bicyclic) bond motifs is 1. The number of nitrogens with zero attached hydrogens (tertiary/aromatic N) is 2. The fourth-order valence-electron chi connectivity index (χ4n) is 2.52. The van der Waals surface area contributed by atoms with E-state index in [0.29, 0.717) is 22.6 Å². The summed E-state index contributed by atoms with van der Waals surface area (Å²) in [4.78, 5) is 15.8. The van der Waals surface area contributed by atoms with E-state index in [2.05, 4.69) is 4.98 Å². The Bertz CT molecular complexity index is 868. The van der Waals surface area contributed by atoms with Crippen LogP contribution < -0.4 is 5.56 Å². The second kappa shape index (κ2) is 4.79. The highest BCUT2D eigenvalue weighted by molar-refractivity contribution is 7.71. The van der Waals surface area contributed by atoms with Crippen LogP contribution >= 0.6 is 12.2 Å². The molecular weight excluding hydrogens is 274 g/mol. The summed E-state index contributed by atoms with van der Waals surface area (Å²) < 4.78 is 9.22. The van der Waals surface area contributed by atoms with Gasteiger partial charge in [-0.05, 0) is 44.3 Å². The summed E-state index contributed by atoms with van der Waals surface area (Å²) in [6, 6.07) is 5.58. The summed E-state index contributed by atoms with van der Waals surface area (Å²) in [6.45, 7) is 5.09. The molecule has 3 aromatic rings. The van der Waals surface area contributed by atoms with Gasteiger partial charge in [0.1, 0.15) is 11.3 Å². The number of H-pyrrole nitrogens is 1. The first-order chi connectivity index (χ1) is 9.61. The average Bonchev–Trinajstić information content (AvgIpc) is 3.01. The maximum Gasteiger partial charge on any atom is 0.279 e. The molecule has 3 heterocycles. The summed E-state index contributed by atoms with van der Waals surface area (Å²) in [7, 11) is 0. The van der Waals surface area contributed by atoms with Crippen molar-refractivity contribution < 1.29 is 4.42 Å². The largest absolute Gasteiger partial charge is 0.467 e. The fourth-order valence-corrected chi connectivity index (χ4v) is 2.77. The van der Waals surface area contributed by atoms with E-state index >= 15 is 0 Å². The van der Waals surface area contributed by atoms with Gasteiger partial charge in [-0.25, -0.2) is 0 Å². The molecule has 5 nitrogen and oxygen atoms in total. The van der Waals surface area contributed by atoms with Crippen LogP contribution in [0.1, 0.15) is 18.4 Å². The van der Waals surface area contributed by atoms with Crippen molar-refractivity contribution in [2.24, 2.45) is 0 Å². The van der Waals surface area contributed by atoms with Crippen LogP contribution in [-0.2, 0) is 13.1 Å². The normalized spacial score (nSPS) is 11.3. The zero-order valence-corrected chi connectivity index (χ0v) is 12.2. The highest BCUT2D eigenvalue weighted by atomic mass is 32.1. The van der Waals surface area contributed by atoms with Crippen LogP contribution in [0, 0.1) is 11.7 Å². The topological polar surface area (TPSA) is 55.9 Å². The lowest BCUT2D eigenvalue weighted by Gasteiger charge is -2.07. The standard InChI is InChI=1S/C14H15N3O2S/c1-3-16-9(2)7-11-12(16)13(18)17(14(20)15-11)8-10-5-4-6-19-10/h4-7H,3,8H2,1-2H3,(H,15,20). The molecule has 6 heteroatoms. The molecule has 0 fully saturated rings. The molecule has 0 spiro atoms. The van der Waals surface area contributed by atoms with Gasteiger partial charge in [0.05, 0.1) is 18.3 Å². The monoisotopic (exact) mass is 289 g/mol. The maximum atomic E-state index is 12.7. The fraction of sp³-hybridized carbons (Fsp3) is 0.286. The summed E-state index contributed by atoms with van der Waals surface area (Å²) in [5.74, 6) is 0.706. The second-order valence-corrected chi connectivity index (χ2v) is 5.08. The van der Waals surface area contributed by atoms with Crippen molar-refractivity contribution in [2.75, 3.05) is 0 Å². The zero-order valence-electron chi connectivity index (χ0n) is 11.3. The van der Waals surface area contributed by atoms with Gasteiger partial charge >= 0.3 is 0 Å². The molecule has 0 unspecified atom stereocenters. The number of hydrogen-bond donors (Lipinski definition) is 1. The van der Waals surface area contributed by atoms with Crippen molar-refractivity contribution >= 4 is 23.3 Å². The molecule has 0 aromatic carbocycles. The molecule has 0 saturated carbocycles. The van der Waals surface area contributed by atoms with E-state index in [4.69, 9.17) is 16.6 Å². The Morgan fingerprint density at radius 3 is 2.85 bits per heavy atom. The van der Waals surface area contributed by atoms with E-state index in [1.165, 1.54) is 4.57 Å². The van der Waals surface area contributed by atoms with Gasteiger partial charge < -0.3 is 14.0 Å². The van der Waals surface area contributed by atoms with Crippen LogP contribution in [0.5, 0.6) is 0 Å². The molecule has 0 saturated heterocycles. The first-order valence-corrected chi connectivity index (χ1v) is 6.88. The van der Waals surface area contributed by atoms with Crippen LogP contribution in [0.25, 0.3) is 11.0 Å². The van der Waals surface area contributed by atoms with E-state index in [1.54, 1.807) is 12.3 Å². The Hall–Kier alpha value is -2.08. The van der Waals surface area contributed by atoms with E-state index in [1.807, 2.05) is 30.5 Å². The first-order valence-electron chi connectivity index (χ1n) is 6.47. The summed E-state index contributed by atoms with van der Waals surface area (Å²) >= 11 is 5.29. The number of aromatic nitrogens is 3. The Kier molecular flexibility index (Phi) is 3.10. The number of aromatic amines is 1. The average molecular weight is 289 g/mol. The number of hydrogen-bond acceptors (Lipinski definition) is 3. The molecule has 0 aliphatic carbocycles. The molecule has 1 N–H and O–H groups in total. The number of nitrogens with one attached hydrogen (secondary N) is 1. The number of rotatable bonds is 3. The zero-order chi connectivity index (χ0) is 14.3. The molecule has 0 aliphatic heterocycles. The van der Waals surface area contributed by atoms with Gasteiger partial charge in [-0.1, -0.05) is 0 Å². The molecule has 0 radical (unpaired) electrons. The van der Waals surface area contributed by atoms with Crippen molar-refractivity contribution in [2.45, 2.75) is 26.9 Å². The van der Waals surface area contributed by atoms with Crippen molar-refractivity contribution in [1.82, 2.24) is 14.1 Å². The van der Waals surface area contributed by atoms with Crippen LogP contribution in [0.2, 0.25) is 0 Å². The van der Waals surface area contributed by atoms with E-state index in [9.17, 15) is 4.79 Å². The Labute approximate surface area is 120 Å². The number of aryl methyl sites for hydroxylation is 2. The molecule has 0 amide bonds. The van der Waals surface area contributed by atoms with Crippen molar-refractivity contribution in [3.63, 3.8) is 0 Å². The van der Waals surface area contributed by atoms with Gasteiger partial charge in [-0.2, -0.15) is 0 Å². The minimum atomic E-state index is -0.0879. The summed E-state index contributed by atoms with van der Waals surface area (Å²) in [6.07, 6.45) is 1.59. The summed E-state index contributed by atoms with van der Waals surface area (Å²) in [5, 5.41) is 0. The second-order valence-electron chi connectivity index (χ2n) is 4.69. The van der Waals surface area contributed by atoms with E-state index in [0.717, 1.165) is 17.8 Å². The molecule has 3 rings (SSSR count). The third-order valence-electron chi connectivity index (χ3n) is 3.45. The van der Waals surface area contributed by atoms with Gasteiger partial charge in [0.25, 0.3) is 5.56 Å². The molecule has 0 aliphatic rings. The minimum absolute atomic E-state index is 0.0879. The van der Waals surface area contributed by atoms with E-state index < -0.39 is 0 Å². The van der Waals surface area contributed by atoms with E-state index in [-0.39, 0.29) is 5.56 Å². The van der Waals surface area contributed by atoms with Gasteiger partial charge in [-0.15, -0.1) is 0 Å². The van der Waals surface area contributed by atoms with Crippen LogP contribution in [0.15, 0.2) is 33.7 Å². The van der Waals surface area contributed by atoms with Gasteiger partial charge in [0.2, 0.25) is 0 Å². The highest BCUT2D eigenvalue weighted by Gasteiger charge is 2.13. The predicted octanol–water partition coefficient (Wildman–Crippen LogP) is 2.83. The lowest BCUT2D eigenvalue weighted by molar-refractivity contribution is 0.487. The van der Waals surface area contributed by atoms with Crippen LogP contribution in [0.3, 0.4) is 0 Å². The van der Waals surface area contributed by atoms with Gasteiger partial charge in [0.15, 0.2) is 4.77 Å². The maximum absolute atomic E-state index is 12.7. The Morgan fingerprint density at radius 1 is 1.40 bits per heavy atom. The minimum Gasteiger partial charge on any atom is -0.467 e. The number of furan rings is 1.